The van der Waals surface area contributed by atoms with E-state index in [1.54, 1.807) is 18.2 Å². The minimum absolute atomic E-state index is 0.0134. The Morgan fingerprint density at radius 3 is 2.19 bits per heavy atom. The maximum Gasteiger partial charge on any atom is 0.282 e. The Kier molecular flexibility index (Phi) is 6.34. The van der Waals surface area contributed by atoms with Crippen LogP contribution >= 0.6 is 23.2 Å². The Morgan fingerprint density at radius 2 is 1.62 bits per heavy atom. The Labute approximate surface area is 136 Å². The van der Waals surface area contributed by atoms with Gasteiger partial charge in [0.1, 0.15) is 0 Å². The van der Waals surface area contributed by atoms with Crippen molar-refractivity contribution in [3.05, 3.63) is 28.2 Å². The molecular weight excluding hydrogens is 307 g/mol. The molecule has 0 unspecified atom stereocenters. The van der Waals surface area contributed by atoms with Gasteiger partial charge in [-0.25, -0.2) is 0 Å². The largest absolute Gasteiger partial charge is 0.325 e. The number of carbonyl (C=O) groups is 1. The third-order valence-corrected chi connectivity index (χ3v) is 4.84. The van der Waals surface area contributed by atoms with Gasteiger partial charge < -0.3 is 10.2 Å². The van der Waals surface area contributed by atoms with Crippen molar-refractivity contribution in [1.82, 2.24) is 0 Å². The fraction of sp³-hybridized carbons (Fsp3) is 0.562. The number of amides is 1. The second-order valence-electron chi connectivity index (χ2n) is 5.73. The molecule has 1 heterocycles. The molecule has 1 aromatic rings. The summed E-state index contributed by atoms with van der Waals surface area (Å²) in [5.41, 5.74) is 0.518. The predicted octanol–water partition coefficient (Wildman–Crippen LogP) is 3.17. The summed E-state index contributed by atoms with van der Waals surface area (Å²) >= 11 is 12.2. The summed E-state index contributed by atoms with van der Waals surface area (Å²) < 4.78 is 0. The summed E-state index contributed by atoms with van der Waals surface area (Å²) in [5.74, 6) is -0.0134. The van der Waals surface area contributed by atoms with Crippen molar-refractivity contribution in [2.45, 2.75) is 45.1 Å². The van der Waals surface area contributed by atoms with Gasteiger partial charge in [0.25, 0.3) is 5.91 Å². The van der Waals surface area contributed by atoms with Gasteiger partial charge in [0.05, 0.1) is 28.8 Å². The quantitative estimate of drug-likeness (QED) is 0.877. The SMILES string of the molecule is C[C@@H](C(=O)Nc1c(Cl)cccc1Cl)[NH+]1CCCCCCC1. The zero-order valence-electron chi connectivity index (χ0n) is 12.4. The van der Waals surface area contributed by atoms with Crippen molar-refractivity contribution in [2.24, 2.45) is 0 Å². The molecule has 1 atom stereocenters. The summed E-state index contributed by atoms with van der Waals surface area (Å²) in [6.07, 6.45) is 6.26. The lowest BCUT2D eigenvalue weighted by atomic mass is 10.1. The van der Waals surface area contributed by atoms with Crippen molar-refractivity contribution >= 4 is 34.8 Å². The smallest absolute Gasteiger partial charge is 0.282 e. The predicted molar refractivity (Wildman–Crippen MR) is 88.3 cm³/mol. The van der Waals surface area contributed by atoms with Crippen molar-refractivity contribution in [3.8, 4) is 0 Å². The first-order valence-corrected chi connectivity index (χ1v) is 8.44. The number of halogens is 2. The van der Waals surface area contributed by atoms with Crippen molar-refractivity contribution in [1.29, 1.82) is 0 Å². The molecule has 1 aliphatic rings. The number of nitrogens with one attached hydrogen (secondary N) is 2. The van der Waals surface area contributed by atoms with Crippen LogP contribution in [-0.4, -0.2) is 25.0 Å². The molecule has 2 N–H and O–H groups in total. The van der Waals surface area contributed by atoms with E-state index in [9.17, 15) is 4.79 Å². The topological polar surface area (TPSA) is 33.5 Å². The average Bonchev–Trinajstić information content (AvgIpc) is 2.42. The van der Waals surface area contributed by atoms with Gasteiger partial charge in [-0.2, -0.15) is 0 Å². The Bertz CT molecular complexity index is 465. The van der Waals surface area contributed by atoms with Gasteiger partial charge in [0.2, 0.25) is 0 Å². The van der Waals surface area contributed by atoms with Gasteiger partial charge >= 0.3 is 0 Å². The first-order chi connectivity index (χ1) is 10.1. The third kappa shape index (κ3) is 4.60. The molecule has 21 heavy (non-hydrogen) atoms. The minimum atomic E-state index is -0.0876. The lowest BCUT2D eigenvalue weighted by molar-refractivity contribution is -0.914. The van der Waals surface area contributed by atoms with Crippen LogP contribution in [0.2, 0.25) is 10.0 Å². The van der Waals surface area contributed by atoms with Gasteiger partial charge in [-0.1, -0.05) is 35.7 Å². The van der Waals surface area contributed by atoms with Crippen LogP contribution in [0.5, 0.6) is 0 Å². The summed E-state index contributed by atoms with van der Waals surface area (Å²) in [5, 5.41) is 3.84. The summed E-state index contributed by atoms with van der Waals surface area (Å²) in [6.45, 7) is 4.10. The number of para-hydroxylation sites is 1. The van der Waals surface area contributed by atoms with Gasteiger partial charge in [-0.05, 0) is 44.7 Å². The van der Waals surface area contributed by atoms with E-state index in [-0.39, 0.29) is 11.9 Å². The standard InChI is InChI=1S/C16H22Cl2N2O/c1-12(20-10-5-3-2-4-6-11-20)16(21)19-15-13(17)8-7-9-14(15)18/h7-9,12H,2-6,10-11H2,1H3,(H,19,21)/p+1/t12-/m0/s1. The number of rotatable bonds is 3. The van der Waals surface area contributed by atoms with E-state index >= 15 is 0 Å². The number of carbonyl (C=O) groups excluding carboxylic acids is 1. The number of quaternary nitrogens is 1. The van der Waals surface area contributed by atoms with E-state index in [0.717, 1.165) is 13.1 Å². The number of benzene rings is 1. The Balaban J connectivity index is 2.01. The van der Waals surface area contributed by atoms with Gasteiger partial charge in [-0.15, -0.1) is 0 Å². The molecule has 0 radical (unpaired) electrons. The summed E-state index contributed by atoms with van der Waals surface area (Å²) in [6, 6.07) is 5.15. The van der Waals surface area contributed by atoms with Crippen LogP contribution in [0, 0.1) is 0 Å². The van der Waals surface area contributed by atoms with Crippen LogP contribution in [0.15, 0.2) is 18.2 Å². The molecule has 1 fully saturated rings. The highest BCUT2D eigenvalue weighted by Crippen LogP contribution is 2.29. The molecule has 1 saturated heterocycles. The second-order valence-corrected chi connectivity index (χ2v) is 6.55. The van der Waals surface area contributed by atoms with Crippen LogP contribution in [0.25, 0.3) is 0 Å². The highest BCUT2D eigenvalue weighted by atomic mass is 35.5. The zero-order chi connectivity index (χ0) is 15.2. The van der Waals surface area contributed by atoms with Gasteiger partial charge in [0.15, 0.2) is 6.04 Å². The molecule has 1 amide bonds. The lowest BCUT2D eigenvalue weighted by Crippen LogP contribution is -3.16. The normalized spacial score (nSPS) is 18.6. The third-order valence-electron chi connectivity index (χ3n) is 4.21. The molecule has 0 aromatic heterocycles. The molecule has 5 heteroatoms. The van der Waals surface area contributed by atoms with Crippen LogP contribution in [0.4, 0.5) is 5.69 Å². The van der Waals surface area contributed by atoms with Crippen LogP contribution in [0.3, 0.4) is 0 Å². The van der Waals surface area contributed by atoms with Crippen LogP contribution < -0.4 is 10.2 Å². The molecule has 0 saturated carbocycles. The fourth-order valence-corrected chi connectivity index (χ4v) is 3.32. The molecule has 3 nitrogen and oxygen atoms in total. The maximum absolute atomic E-state index is 12.5. The molecule has 1 aliphatic heterocycles. The first-order valence-electron chi connectivity index (χ1n) is 7.69. The lowest BCUT2D eigenvalue weighted by Gasteiger charge is -2.27. The number of hydrogen-bond acceptors (Lipinski definition) is 1. The van der Waals surface area contributed by atoms with E-state index in [1.807, 2.05) is 6.92 Å². The van der Waals surface area contributed by atoms with Crippen molar-refractivity contribution in [2.75, 3.05) is 18.4 Å². The van der Waals surface area contributed by atoms with E-state index in [1.165, 1.54) is 37.0 Å². The maximum atomic E-state index is 12.5. The Morgan fingerprint density at radius 1 is 1.10 bits per heavy atom. The molecule has 0 spiro atoms. The van der Waals surface area contributed by atoms with E-state index in [0.29, 0.717) is 15.7 Å². The fourth-order valence-electron chi connectivity index (χ4n) is 2.83. The minimum Gasteiger partial charge on any atom is -0.325 e. The van der Waals surface area contributed by atoms with Crippen molar-refractivity contribution < 1.29 is 9.69 Å². The first kappa shape index (κ1) is 16.6. The monoisotopic (exact) mass is 329 g/mol. The molecular formula is C16H23Cl2N2O+. The van der Waals surface area contributed by atoms with Crippen molar-refractivity contribution in [3.63, 3.8) is 0 Å². The summed E-state index contributed by atoms with van der Waals surface area (Å²) in [7, 11) is 0. The van der Waals surface area contributed by atoms with E-state index in [2.05, 4.69) is 5.32 Å². The highest BCUT2D eigenvalue weighted by Gasteiger charge is 2.26. The average molecular weight is 330 g/mol. The van der Waals surface area contributed by atoms with Crippen LogP contribution in [-0.2, 0) is 4.79 Å². The number of likely N-dealkylation sites (tertiary alicyclic amines) is 1. The molecule has 2 rings (SSSR count). The van der Waals surface area contributed by atoms with E-state index < -0.39 is 0 Å². The highest BCUT2D eigenvalue weighted by molar-refractivity contribution is 6.39. The van der Waals surface area contributed by atoms with E-state index in [4.69, 9.17) is 23.2 Å². The van der Waals surface area contributed by atoms with Crippen LogP contribution in [0.1, 0.15) is 39.0 Å². The zero-order valence-corrected chi connectivity index (χ0v) is 13.9. The van der Waals surface area contributed by atoms with Gasteiger partial charge in [0, 0.05) is 0 Å². The number of hydrogen-bond donors (Lipinski definition) is 2. The molecule has 0 bridgehead atoms. The summed E-state index contributed by atoms with van der Waals surface area (Å²) in [4.78, 5) is 13.8. The molecule has 1 aromatic carbocycles. The second kappa shape index (κ2) is 8.02. The number of anilines is 1. The molecule has 116 valence electrons. The van der Waals surface area contributed by atoms with Gasteiger partial charge in [-0.3, -0.25) is 4.79 Å². The molecule has 0 aliphatic carbocycles. The Hall–Kier alpha value is -0.770.